The van der Waals surface area contributed by atoms with Crippen LogP contribution in [-0.4, -0.2) is 34.3 Å². The van der Waals surface area contributed by atoms with Crippen molar-refractivity contribution in [2.45, 2.75) is 17.9 Å². The minimum atomic E-state index is -4.39. The van der Waals surface area contributed by atoms with Crippen molar-refractivity contribution in [3.63, 3.8) is 0 Å². The Hall–Kier alpha value is -5.78. The highest BCUT2D eigenvalue weighted by Crippen LogP contribution is 2.31. The first-order chi connectivity index (χ1) is 24.7. The van der Waals surface area contributed by atoms with Gasteiger partial charge < -0.3 is 10.6 Å². The van der Waals surface area contributed by atoms with Crippen LogP contribution < -0.4 is 14.3 Å². The molecular formula is C40H36N4O5S2. The van der Waals surface area contributed by atoms with Gasteiger partial charge in [-0.25, -0.2) is 16.8 Å². The Morgan fingerprint density at radius 1 is 0.588 bits per heavy atom. The summed E-state index contributed by atoms with van der Waals surface area (Å²) in [5, 5.41) is 6.31. The van der Waals surface area contributed by atoms with E-state index in [1.165, 1.54) is 12.1 Å². The van der Waals surface area contributed by atoms with Gasteiger partial charge in [0.25, 0.3) is 26.0 Å². The highest BCUT2D eigenvalue weighted by molar-refractivity contribution is 8.09. The molecule has 0 unspecified atom stereocenters. The Balaban J connectivity index is 1.21. The fraction of sp³-hybridized carbons (Fsp3) is 0.100. The van der Waals surface area contributed by atoms with Crippen molar-refractivity contribution in [3.8, 4) is 11.1 Å². The van der Waals surface area contributed by atoms with Crippen molar-refractivity contribution in [1.29, 1.82) is 0 Å². The van der Waals surface area contributed by atoms with Gasteiger partial charge in [0.15, 0.2) is 0 Å². The molecule has 1 heterocycles. The molecule has 0 fully saturated rings. The molecule has 0 saturated heterocycles. The van der Waals surface area contributed by atoms with Gasteiger partial charge in [0, 0.05) is 41.8 Å². The third-order valence-corrected chi connectivity index (χ3v) is 12.2. The largest absolute Gasteiger partial charge is 0.385 e. The molecule has 0 aliphatic heterocycles. The monoisotopic (exact) mass is 716 g/mol. The van der Waals surface area contributed by atoms with Crippen LogP contribution in [0.4, 0.5) is 17.1 Å². The quantitative estimate of drug-likeness (QED) is 0.119. The number of aromatic nitrogens is 1. The summed E-state index contributed by atoms with van der Waals surface area (Å²) in [5.74, 6) is -1.34. The van der Waals surface area contributed by atoms with Crippen molar-refractivity contribution in [2.24, 2.45) is 0 Å². The third-order valence-electron chi connectivity index (χ3n) is 8.03. The van der Waals surface area contributed by atoms with Crippen molar-refractivity contribution < 1.29 is 21.6 Å². The minimum Gasteiger partial charge on any atom is -0.385 e. The molecule has 0 spiro atoms. The zero-order chi connectivity index (χ0) is 35.7. The number of anilines is 3. The van der Waals surface area contributed by atoms with E-state index >= 15 is 0 Å². The number of benzene rings is 5. The van der Waals surface area contributed by atoms with Gasteiger partial charge in [0.2, 0.25) is 0 Å². The van der Waals surface area contributed by atoms with Crippen LogP contribution in [-0.2, 0) is 38.0 Å². The van der Waals surface area contributed by atoms with Crippen LogP contribution in [0.5, 0.6) is 0 Å². The molecule has 0 atom stereocenters. The Labute approximate surface area is 298 Å². The second-order valence-electron chi connectivity index (χ2n) is 11.8. The van der Waals surface area contributed by atoms with Crippen LogP contribution in [0.1, 0.15) is 27.2 Å². The molecule has 6 aromatic rings. The van der Waals surface area contributed by atoms with E-state index in [4.69, 9.17) is 0 Å². The molecule has 11 heteroatoms. The summed E-state index contributed by atoms with van der Waals surface area (Å²) in [6.45, 7) is 0.713. The van der Waals surface area contributed by atoms with E-state index in [-0.39, 0.29) is 11.6 Å². The Morgan fingerprint density at radius 2 is 1.14 bits per heavy atom. The van der Waals surface area contributed by atoms with E-state index in [0.717, 1.165) is 17.8 Å². The highest BCUT2D eigenvalue weighted by Gasteiger charge is 2.34. The summed E-state index contributed by atoms with van der Waals surface area (Å²) in [7, 11) is -8.77. The number of nitrogens with zero attached hydrogens (tertiary/aromatic N) is 2. The topological polar surface area (TPSA) is 126 Å². The number of hydrogen-bond donors (Lipinski definition) is 2. The summed E-state index contributed by atoms with van der Waals surface area (Å²) in [6, 6.07) is 43.3. The number of carbonyl (C=O) groups is 1. The van der Waals surface area contributed by atoms with E-state index in [1.54, 1.807) is 103 Å². The second-order valence-corrected chi connectivity index (χ2v) is 15.7. The molecule has 0 bridgehead atoms. The molecule has 258 valence electrons. The molecule has 9 nitrogen and oxygen atoms in total. The first-order valence-corrected chi connectivity index (χ1v) is 19.5. The third kappa shape index (κ3) is 9.07. The number of pyridine rings is 1. The number of nitrogens with one attached hydrogen (secondary N) is 2. The number of rotatable bonds is 14. The fourth-order valence-electron chi connectivity index (χ4n) is 5.63. The SMILES string of the molecule is O=C(Nc1ccc(NCCc2ccccn2)cc1)c1ccccc1-c1ccc(N(S(=O)(=O)Cc2ccccc2)S(=O)(=O)Cc2ccccc2)cc1. The zero-order valence-corrected chi connectivity index (χ0v) is 29.2. The van der Waals surface area contributed by atoms with Gasteiger partial charge in [-0.1, -0.05) is 97.1 Å². The molecule has 0 aliphatic rings. The van der Waals surface area contributed by atoms with Crippen LogP contribution in [0.3, 0.4) is 0 Å². The lowest BCUT2D eigenvalue weighted by Crippen LogP contribution is -2.38. The van der Waals surface area contributed by atoms with Gasteiger partial charge in [-0.05, 0) is 76.9 Å². The van der Waals surface area contributed by atoms with Crippen LogP contribution in [0.25, 0.3) is 11.1 Å². The molecule has 1 aromatic heterocycles. The first-order valence-electron chi connectivity index (χ1n) is 16.3. The van der Waals surface area contributed by atoms with Crippen molar-refractivity contribution in [2.75, 3.05) is 20.9 Å². The van der Waals surface area contributed by atoms with Crippen LogP contribution in [0, 0.1) is 0 Å². The minimum absolute atomic E-state index is 0.0266. The molecule has 6 rings (SSSR count). The Morgan fingerprint density at radius 3 is 1.73 bits per heavy atom. The van der Waals surface area contributed by atoms with Gasteiger partial charge in [-0.3, -0.25) is 9.78 Å². The number of hydrogen-bond acceptors (Lipinski definition) is 7. The number of carbonyl (C=O) groups excluding carboxylic acids is 1. The molecule has 2 N–H and O–H groups in total. The average Bonchev–Trinajstić information content (AvgIpc) is 3.13. The molecule has 0 radical (unpaired) electrons. The van der Waals surface area contributed by atoms with Crippen molar-refractivity contribution >= 4 is 43.0 Å². The average molecular weight is 717 g/mol. The lowest BCUT2D eigenvalue weighted by Gasteiger charge is -2.24. The predicted octanol–water partition coefficient (Wildman–Crippen LogP) is 7.52. The van der Waals surface area contributed by atoms with Gasteiger partial charge >= 0.3 is 0 Å². The molecule has 51 heavy (non-hydrogen) atoms. The zero-order valence-electron chi connectivity index (χ0n) is 27.6. The summed E-state index contributed by atoms with van der Waals surface area (Å²) < 4.78 is 55.8. The van der Waals surface area contributed by atoms with E-state index in [9.17, 15) is 21.6 Å². The van der Waals surface area contributed by atoms with E-state index < -0.39 is 31.6 Å². The van der Waals surface area contributed by atoms with E-state index in [2.05, 4.69) is 15.6 Å². The van der Waals surface area contributed by atoms with E-state index in [0.29, 0.717) is 43.8 Å². The van der Waals surface area contributed by atoms with Crippen LogP contribution >= 0.6 is 0 Å². The maximum Gasteiger partial charge on any atom is 0.256 e. The molecule has 5 aromatic carbocycles. The number of sulfonamides is 2. The lowest BCUT2D eigenvalue weighted by molar-refractivity contribution is 0.102. The van der Waals surface area contributed by atoms with Gasteiger partial charge in [-0.15, -0.1) is 0 Å². The fourth-order valence-corrected chi connectivity index (χ4v) is 9.68. The maximum absolute atomic E-state index is 13.8. The van der Waals surface area contributed by atoms with Crippen molar-refractivity contribution in [3.05, 3.63) is 180 Å². The molecule has 0 aliphatic carbocycles. The Kier molecular flexibility index (Phi) is 10.9. The summed E-state index contributed by atoms with van der Waals surface area (Å²) in [4.78, 5) is 17.8. The summed E-state index contributed by atoms with van der Waals surface area (Å²) >= 11 is 0. The normalized spacial score (nSPS) is 11.5. The molecular weight excluding hydrogens is 681 g/mol. The standard InChI is InChI=1S/C40H36N4O5S2/c45-40(43-36-22-20-35(21-23-36)42-28-26-34-15-9-10-27-41-34)39-17-8-7-16-38(39)33-18-24-37(25-19-33)44(50(46,47)29-31-11-3-1-4-12-31)51(48,49)30-32-13-5-2-6-14-32/h1-25,27,42H,26,28-30H2,(H,43,45). The second kappa shape index (κ2) is 15.8. The molecule has 1 amide bonds. The summed E-state index contributed by atoms with van der Waals surface area (Å²) in [5.41, 5.74) is 5.02. The Bertz CT molecular complexity index is 2220. The first kappa shape index (κ1) is 35.1. The van der Waals surface area contributed by atoms with Crippen LogP contribution in [0.15, 0.2) is 158 Å². The van der Waals surface area contributed by atoms with Crippen molar-refractivity contribution in [1.82, 2.24) is 4.98 Å². The van der Waals surface area contributed by atoms with Gasteiger partial charge in [0.05, 0.1) is 17.2 Å². The lowest BCUT2D eigenvalue weighted by atomic mass is 9.99. The summed E-state index contributed by atoms with van der Waals surface area (Å²) in [6.07, 6.45) is 2.55. The van der Waals surface area contributed by atoms with Gasteiger partial charge in [0.1, 0.15) is 0 Å². The predicted molar refractivity (Wildman–Crippen MR) is 203 cm³/mol. The highest BCUT2D eigenvalue weighted by atomic mass is 32.3. The van der Waals surface area contributed by atoms with Gasteiger partial charge in [-0.2, -0.15) is 3.71 Å². The van der Waals surface area contributed by atoms with Crippen LogP contribution in [0.2, 0.25) is 0 Å². The number of amides is 1. The smallest absolute Gasteiger partial charge is 0.256 e. The maximum atomic E-state index is 13.8. The van der Waals surface area contributed by atoms with E-state index in [1.807, 2.05) is 42.5 Å². The molecule has 0 saturated carbocycles.